The Labute approximate surface area is 111 Å². The van der Waals surface area contributed by atoms with Crippen molar-refractivity contribution in [3.63, 3.8) is 0 Å². The summed E-state index contributed by atoms with van der Waals surface area (Å²) in [5, 5.41) is 3.93. The molecule has 0 fully saturated rings. The van der Waals surface area contributed by atoms with E-state index in [1.165, 1.54) is 18.9 Å². The molecule has 0 aliphatic heterocycles. The lowest BCUT2D eigenvalue weighted by Gasteiger charge is -2.09. The molecule has 0 spiro atoms. The third-order valence-electron chi connectivity index (χ3n) is 2.17. The van der Waals surface area contributed by atoms with Gasteiger partial charge in [-0.1, -0.05) is 24.6 Å². The number of methoxy groups -OCH3 is 1. The highest BCUT2D eigenvalue weighted by Gasteiger charge is 2.07. The standard InChI is InChI=1S/C12H16ClNO2S/c1-3-14-7-9-4-5-10(13)6-11(9)17-8-12(15)16-2/h4-6,14H,3,7-8H2,1-2H3. The molecule has 94 valence electrons. The van der Waals surface area contributed by atoms with Crippen molar-refractivity contribution in [2.45, 2.75) is 18.4 Å². The van der Waals surface area contributed by atoms with Crippen molar-refractivity contribution in [1.29, 1.82) is 0 Å². The second kappa shape index (κ2) is 7.58. The van der Waals surface area contributed by atoms with Gasteiger partial charge in [0.2, 0.25) is 0 Å². The average Bonchev–Trinajstić information content (AvgIpc) is 2.34. The number of carbonyl (C=O) groups excluding carboxylic acids is 1. The number of esters is 1. The van der Waals surface area contributed by atoms with Gasteiger partial charge in [0.25, 0.3) is 0 Å². The average molecular weight is 274 g/mol. The van der Waals surface area contributed by atoms with Crippen LogP contribution in [0, 0.1) is 0 Å². The van der Waals surface area contributed by atoms with Gasteiger partial charge in [-0.25, -0.2) is 0 Å². The van der Waals surface area contributed by atoms with Crippen LogP contribution in [0.25, 0.3) is 0 Å². The number of hydrogen-bond acceptors (Lipinski definition) is 4. The van der Waals surface area contributed by atoms with Crippen LogP contribution in [0.1, 0.15) is 12.5 Å². The van der Waals surface area contributed by atoms with Gasteiger partial charge in [-0.15, -0.1) is 11.8 Å². The molecular formula is C12H16ClNO2S. The minimum absolute atomic E-state index is 0.232. The maximum atomic E-state index is 11.1. The van der Waals surface area contributed by atoms with E-state index in [0.29, 0.717) is 10.8 Å². The normalized spacial score (nSPS) is 10.3. The molecule has 1 rings (SSSR count). The van der Waals surface area contributed by atoms with Gasteiger partial charge in [-0.05, 0) is 24.2 Å². The number of ether oxygens (including phenoxy) is 1. The number of rotatable bonds is 6. The minimum Gasteiger partial charge on any atom is -0.468 e. The van der Waals surface area contributed by atoms with Crippen LogP contribution in [0.3, 0.4) is 0 Å². The zero-order valence-electron chi connectivity index (χ0n) is 9.96. The molecule has 1 N–H and O–H groups in total. The van der Waals surface area contributed by atoms with E-state index in [-0.39, 0.29) is 5.97 Å². The summed E-state index contributed by atoms with van der Waals surface area (Å²) in [4.78, 5) is 12.1. The Balaban J connectivity index is 2.72. The van der Waals surface area contributed by atoms with Crippen molar-refractivity contribution in [2.75, 3.05) is 19.4 Å². The Morgan fingerprint density at radius 1 is 1.53 bits per heavy atom. The predicted molar refractivity (Wildman–Crippen MR) is 71.6 cm³/mol. The van der Waals surface area contributed by atoms with E-state index in [1.807, 2.05) is 18.2 Å². The zero-order chi connectivity index (χ0) is 12.7. The Morgan fingerprint density at radius 2 is 2.29 bits per heavy atom. The summed E-state index contributed by atoms with van der Waals surface area (Å²) in [5.41, 5.74) is 1.14. The third kappa shape index (κ3) is 4.98. The highest BCUT2D eigenvalue weighted by molar-refractivity contribution is 8.00. The van der Waals surface area contributed by atoms with Gasteiger partial charge < -0.3 is 10.1 Å². The number of carbonyl (C=O) groups is 1. The number of thioether (sulfide) groups is 1. The molecule has 0 amide bonds. The molecule has 0 aliphatic carbocycles. The summed E-state index contributed by atoms with van der Waals surface area (Å²) < 4.78 is 4.61. The van der Waals surface area contributed by atoms with Crippen molar-refractivity contribution < 1.29 is 9.53 Å². The molecule has 0 saturated carbocycles. The maximum absolute atomic E-state index is 11.1. The molecule has 1 aromatic carbocycles. The largest absolute Gasteiger partial charge is 0.468 e. The van der Waals surface area contributed by atoms with E-state index in [2.05, 4.69) is 17.0 Å². The fraction of sp³-hybridized carbons (Fsp3) is 0.417. The van der Waals surface area contributed by atoms with E-state index in [1.54, 1.807) is 0 Å². The van der Waals surface area contributed by atoms with E-state index >= 15 is 0 Å². The maximum Gasteiger partial charge on any atom is 0.315 e. The van der Waals surface area contributed by atoms with Gasteiger partial charge in [0, 0.05) is 16.5 Å². The van der Waals surface area contributed by atoms with Crippen LogP contribution in [0.4, 0.5) is 0 Å². The Kier molecular flexibility index (Phi) is 6.40. The molecule has 0 aliphatic rings. The van der Waals surface area contributed by atoms with E-state index < -0.39 is 0 Å². The molecule has 5 heteroatoms. The number of nitrogens with one attached hydrogen (secondary N) is 1. The van der Waals surface area contributed by atoms with Crippen LogP contribution >= 0.6 is 23.4 Å². The lowest BCUT2D eigenvalue weighted by atomic mass is 10.2. The van der Waals surface area contributed by atoms with Crippen molar-refractivity contribution in [3.05, 3.63) is 28.8 Å². The molecule has 1 aromatic rings. The number of benzene rings is 1. The lowest BCUT2D eigenvalue weighted by molar-refractivity contribution is -0.137. The molecule has 0 saturated heterocycles. The Morgan fingerprint density at radius 3 is 2.94 bits per heavy atom. The van der Waals surface area contributed by atoms with E-state index in [9.17, 15) is 4.79 Å². The fourth-order valence-electron chi connectivity index (χ4n) is 1.26. The summed E-state index contributed by atoms with van der Waals surface area (Å²) in [5.74, 6) is 0.0695. The molecule has 0 radical (unpaired) electrons. The van der Waals surface area contributed by atoms with E-state index in [0.717, 1.165) is 23.5 Å². The number of halogens is 1. The highest BCUT2D eigenvalue weighted by Crippen LogP contribution is 2.26. The van der Waals surface area contributed by atoms with Crippen LogP contribution in [0.2, 0.25) is 5.02 Å². The SMILES string of the molecule is CCNCc1ccc(Cl)cc1SCC(=O)OC. The number of hydrogen-bond donors (Lipinski definition) is 1. The smallest absolute Gasteiger partial charge is 0.315 e. The van der Waals surface area contributed by atoms with Gasteiger partial charge in [0.15, 0.2) is 0 Å². The first kappa shape index (κ1) is 14.4. The fourth-order valence-corrected chi connectivity index (χ4v) is 2.43. The van der Waals surface area contributed by atoms with Gasteiger partial charge in [0.1, 0.15) is 0 Å². The van der Waals surface area contributed by atoms with Crippen LogP contribution < -0.4 is 5.32 Å². The van der Waals surface area contributed by atoms with Crippen molar-refractivity contribution >= 4 is 29.3 Å². The lowest BCUT2D eigenvalue weighted by Crippen LogP contribution is -2.12. The second-order valence-corrected chi connectivity index (χ2v) is 4.85. The first-order chi connectivity index (χ1) is 8.17. The van der Waals surface area contributed by atoms with Crippen LogP contribution in [0.15, 0.2) is 23.1 Å². The van der Waals surface area contributed by atoms with Gasteiger partial charge in [0.05, 0.1) is 12.9 Å². The molecule has 0 aromatic heterocycles. The second-order valence-electron chi connectivity index (χ2n) is 3.40. The molecule has 0 atom stereocenters. The highest BCUT2D eigenvalue weighted by atomic mass is 35.5. The topological polar surface area (TPSA) is 38.3 Å². The van der Waals surface area contributed by atoms with Crippen LogP contribution in [0.5, 0.6) is 0 Å². The molecule has 0 bridgehead atoms. The van der Waals surface area contributed by atoms with Crippen molar-refractivity contribution in [2.24, 2.45) is 0 Å². The third-order valence-corrected chi connectivity index (χ3v) is 3.47. The Hall–Kier alpha value is -0.710. The molecule has 0 unspecified atom stereocenters. The molecule has 17 heavy (non-hydrogen) atoms. The van der Waals surface area contributed by atoms with Gasteiger partial charge >= 0.3 is 5.97 Å². The van der Waals surface area contributed by atoms with E-state index in [4.69, 9.17) is 11.6 Å². The summed E-state index contributed by atoms with van der Waals surface area (Å²) in [7, 11) is 1.39. The molecule has 3 nitrogen and oxygen atoms in total. The first-order valence-electron chi connectivity index (χ1n) is 5.36. The van der Waals surface area contributed by atoms with Gasteiger partial charge in [-0.2, -0.15) is 0 Å². The van der Waals surface area contributed by atoms with Crippen molar-refractivity contribution in [3.8, 4) is 0 Å². The first-order valence-corrected chi connectivity index (χ1v) is 6.72. The van der Waals surface area contributed by atoms with Gasteiger partial charge in [-0.3, -0.25) is 4.79 Å². The molecular weight excluding hydrogens is 258 g/mol. The monoisotopic (exact) mass is 273 g/mol. The zero-order valence-corrected chi connectivity index (χ0v) is 11.5. The minimum atomic E-state index is -0.232. The Bertz CT molecular complexity index is 385. The summed E-state index contributed by atoms with van der Waals surface area (Å²) in [6.07, 6.45) is 0. The van der Waals surface area contributed by atoms with Crippen molar-refractivity contribution in [1.82, 2.24) is 5.32 Å². The quantitative estimate of drug-likeness (QED) is 0.639. The van der Waals surface area contributed by atoms with Crippen LogP contribution in [-0.4, -0.2) is 25.4 Å². The summed E-state index contributed by atoms with van der Waals surface area (Å²) in [6, 6.07) is 5.71. The van der Waals surface area contributed by atoms with Crippen LogP contribution in [-0.2, 0) is 16.1 Å². The summed E-state index contributed by atoms with van der Waals surface area (Å²) in [6.45, 7) is 3.73. The molecule has 0 heterocycles. The predicted octanol–water partition coefficient (Wildman–Crippen LogP) is 2.71. The summed E-state index contributed by atoms with van der Waals surface area (Å²) >= 11 is 7.40.